The highest BCUT2D eigenvalue weighted by atomic mass is 35.5. The van der Waals surface area contributed by atoms with Gasteiger partial charge in [0.05, 0.1) is 0 Å². The fourth-order valence-electron chi connectivity index (χ4n) is 0.781. The van der Waals surface area contributed by atoms with E-state index in [9.17, 15) is 0 Å². The number of nitrogens with two attached hydrogens (primary N) is 1. The monoisotopic (exact) mass is 221 g/mol. The van der Waals surface area contributed by atoms with Crippen molar-refractivity contribution in [1.29, 1.82) is 0 Å². The fourth-order valence-corrected chi connectivity index (χ4v) is 1.69. The molecule has 0 aliphatic rings. The Hall–Kier alpha value is -0.190. The zero-order chi connectivity index (χ0) is 9.19. The molecule has 1 rings (SSSR count). The smallest absolute Gasteiger partial charge is 0.122 e. The van der Waals surface area contributed by atoms with Crippen LogP contribution in [0.2, 0.25) is 0 Å². The Kier molecular flexibility index (Phi) is 4.81. The number of hydrogen-bond donors (Lipinski definition) is 1. The number of nitrogens with zero attached hydrogens (tertiary/aromatic N) is 2. The zero-order valence-electron chi connectivity index (χ0n) is 8.20. The Morgan fingerprint density at radius 1 is 1.31 bits per heavy atom. The van der Waals surface area contributed by atoms with Crippen molar-refractivity contribution >= 4 is 23.7 Å². The van der Waals surface area contributed by atoms with Crippen LogP contribution in [0.5, 0.6) is 0 Å². The lowest BCUT2D eigenvalue weighted by Gasteiger charge is -2.12. The molecular weight excluding hydrogens is 206 g/mol. The summed E-state index contributed by atoms with van der Waals surface area (Å²) < 4.78 is 0. The van der Waals surface area contributed by atoms with Crippen molar-refractivity contribution in [1.82, 2.24) is 10.2 Å². The molecule has 0 amide bonds. The van der Waals surface area contributed by atoms with Gasteiger partial charge in [-0.2, -0.15) is 0 Å². The largest absolute Gasteiger partial charge is 0.330 e. The molecule has 0 radical (unpaired) electrons. The molecule has 0 bridgehead atoms. The topological polar surface area (TPSA) is 51.8 Å². The summed E-state index contributed by atoms with van der Waals surface area (Å²) in [6.45, 7) is 7.07. The Balaban J connectivity index is 0.00000144. The Morgan fingerprint density at radius 3 is 2.31 bits per heavy atom. The van der Waals surface area contributed by atoms with Crippen LogP contribution in [-0.4, -0.2) is 16.7 Å². The van der Waals surface area contributed by atoms with Gasteiger partial charge in [-0.1, -0.05) is 20.8 Å². The van der Waals surface area contributed by atoms with Gasteiger partial charge >= 0.3 is 0 Å². The molecule has 1 heterocycles. The van der Waals surface area contributed by atoms with E-state index >= 15 is 0 Å². The van der Waals surface area contributed by atoms with E-state index < -0.39 is 0 Å². The van der Waals surface area contributed by atoms with Crippen LogP contribution in [0.4, 0.5) is 0 Å². The molecular formula is C8H16ClN3S. The molecule has 1 aromatic rings. The molecule has 3 nitrogen and oxygen atoms in total. The molecule has 0 aliphatic heterocycles. The van der Waals surface area contributed by atoms with Crippen molar-refractivity contribution in [2.75, 3.05) is 6.54 Å². The predicted octanol–water partition coefficient (Wildman–Crippen LogP) is 1.76. The van der Waals surface area contributed by atoms with Gasteiger partial charge in [0.2, 0.25) is 0 Å². The van der Waals surface area contributed by atoms with Gasteiger partial charge in [-0.25, -0.2) is 0 Å². The van der Waals surface area contributed by atoms with Gasteiger partial charge in [-0.15, -0.1) is 33.9 Å². The van der Waals surface area contributed by atoms with Crippen LogP contribution in [0.3, 0.4) is 0 Å². The molecule has 13 heavy (non-hydrogen) atoms. The summed E-state index contributed by atoms with van der Waals surface area (Å²) in [5, 5.41) is 10.3. The van der Waals surface area contributed by atoms with Gasteiger partial charge in [-0.05, 0) is 6.54 Å². The molecule has 0 saturated heterocycles. The van der Waals surface area contributed by atoms with E-state index in [1.807, 2.05) is 0 Å². The van der Waals surface area contributed by atoms with Gasteiger partial charge in [-0.3, -0.25) is 0 Å². The quantitative estimate of drug-likeness (QED) is 0.828. The molecule has 2 N–H and O–H groups in total. The van der Waals surface area contributed by atoms with E-state index in [0.29, 0.717) is 6.54 Å². The first-order chi connectivity index (χ1) is 5.54. The summed E-state index contributed by atoms with van der Waals surface area (Å²) in [5.74, 6) is 0. The molecule has 0 fully saturated rings. The second kappa shape index (κ2) is 4.88. The zero-order valence-corrected chi connectivity index (χ0v) is 9.84. The van der Waals surface area contributed by atoms with E-state index in [0.717, 1.165) is 16.4 Å². The van der Waals surface area contributed by atoms with Gasteiger partial charge in [0.25, 0.3) is 0 Å². The van der Waals surface area contributed by atoms with Crippen LogP contribution < -0.4 is 5.73 Å². The highest BCUT2D eigenvalue weighted by Gasteiger charge is 2.18. The van der Waals surface area contributed by atoms with Crippen LogP contribution in [0.25, 0.3) is 0 Å². The minimum absolute atomic E-state index is 0. The third-order valence-corrected chi connectivity index (χ3v) is 2.88. The third kappa shape index (κ3) is 3.58. The second-order valence-electron chi connectivity index (χ2n) is 3.79. The van der Waals surface area contributed by atoms with E-state index in [1.54, 1.807) is 11.3 Å². The average molecular weight is 222 g/mol. The van der Waals surface area contributed by atoms with Crippen molar-refractivity contribution in [3.05, 3.63) is 10.0 Å². The van der Waals surface area contributed by atoms with Crippen molar-refractivity contribution in [3.63, 3.8) is 0 Å². The van der Waals surface area contributed by atoms with Crippen LogP contribution in [0.1, 0.15) is 30.8 Å². The highest BCUT2D eigenvalue weighted by molar-refractivity contribution is 7.11. The van der Waals surface area contributed by atoms with E-state index in [-0.39, 0.29) is 17.8 Å². The summed E-state index contributed by atoms with van der Waals surface area (Å²) in [4.78, 5) is 0. The SMILES string of the molecule is CC(C)(C)c1nnc(CCN)s1.Cl. The van der Waals surface area contributed by atoms with Crippen molar-refractivity contribution in [2.45, 2.75) is 32.6 Å². The lowest BCUT2D eigenvalue weighted by Crippen LogP contribution is -2.10. The fraction of sp³-hybridized carbons (Fsp3) is 0.750. The molecule has 0 saturated carbocycles. The summed E-state index contributed by atoms with van der Waals surface area (Å²) in [7, 11) is 0. The van der Waals surface area contributed by atoms with Crippen LogP contribution in [0.15, 0.2) is 0 Å². The number of hydrogen-bond acceptors (Lipinski definition) is 4. The minimum atomic E-state index is 0. The second-order valence-corrected chi connectivity index (χ2v) is 4.85. The molecule has 5 heteroatoms. The highest BCUT2D eigenvalue weighted by Crippen LogP contribution is 2.25. The normalized spacial score (nSPS) is 11.1. The van der Waals surface area contributed by atoms with Crippen LogP contribution >= 0.6 is 23.7 Å². The van der Waals surface area contributed by atoms with Gasteiger partial charge in [0, 0.05) is 11.8 Å². The Bertz CT molecular complexity index is 254. The molecule has 0 aliphatic carbocycles. The van der Waals surface area contributed by atoms with Crippen molar-refractivity contribution in [3.8, 4) is 0 Å². The summed E-state index contributed by atoms with van der Waals surface area (Å²) in [6, 6.07) is 0. The van der Waals surface area contributed by atoms with Gasteiger partial charge in [0.15, 0.2) is 0 Å². The van der Waals surface area contributed by atoms with Crippen LogP contribution in [-0.2, 0) is 11.8 Å². The molecule has 0 aromatic carbocycles. The molecule has 76 valence electrons. The van der Waals surface area contributed by atoms with E-state index in [1.165, 1.54) is 0 Å². The number of aromatic nitrogens is 2. The first-order valence-electron chi connectivity index (χ1n) is 4.07. The molecule has 0 unspecified atom stereocenters. The molecule has 0 atom stereocenters. The molecule has 1 aromatic heterocycles. The third-order valence-electron chi connectivity index (χ3n) is 1.47. The lowest BCUT2D eigenvalue weighted by molar-refractivity contribution is 0.577. The number of rotatable bonds is 2. The Morgan fingerprint density at radius 2 is 1.92 bits per heavy atom. The maximum absolute atomic E-state index is 5.42. The lowest BCUT2D eigenvalue weighted by atomic mass is 9.98. The first kappa shape index (κ1) is 12.8. The summed E-state index contributed by atoms with van der Waals surface area (Å²) in [6.07, 6.45) is 0.841. The number of halogens is 1. The van der Waals surface area contributed by atoms with E-state index in [4.69, 9.17) is 5.73 Å². The minimum Gasteiger partial charge on any atom is -0.330 e. The standard InChI is InChI=1S/C8H15N3S.ClH/c1-8(2,3)7-11-10-6(12-7)4-5-9;/h4-5,9H2,1-3H3;1H. The van der Waals surface area contributed by atoms with Crippen LogP contribution in [0, 0.1) is 0 Å². The summed E-state index contributed by atoms with van der Waals surface area (Å²) in [5.41, 5.74) is 5.53. The molecule has 0 spiro atoms. The van der Waals surface area contributed by atoms with Crippen molar-refractivity contribution in [2.24, 2.45) is 5.73 Å². The van der Waals surface area contributed by atoms with Gasteiger partial charge in [0.1, 0.15) is 10.0 Å². The van der Waals surface area contributed by atoms with E-state index in [2.05, 4.69) is 31.0 Å². The van der Waals surface area contributed by atoms with Crippen molar-refractivity contribution < 1.29 is 0 Å². The maximum atomic E-state index is 5.42. The Labute approximate surface area is 89.2 Å². The predicted molar refractivity (Wildman–Crippen MR) is 58.6 cm³/mol. The average Bonchev–Trinajstić information content (AvgIpc) is 2.35. The summed E-state index contributed by atoms with van der Waals surface area (Å²) >= 11 is 1.66. The maximum Gasteiger partial charge on any atom is 0.122 e. The first-order valence-corrected chi connectivity index (χ1v) is 4.88. The van der Waals surface area contributed by atoms with Gasteiger partial charge < -0.3 is 5.73 Å².